The topological polar surface area (TPSA) is 133 Å². The van der Waals surface area contributed by atoms with E-state index in [0.717, 1.165) is 24.4 Å². The van der Waals surface area contributed by atoms with Crippen molar-refractivity contribution >= 4 is 39.5 Å². The number of benzene rings is 2. The largest absolute Gasteiger partial charge is 0.507 e. The Morgan fingerprint density at radius 1 is 1.26 bits per heavy atom. The number of nitrogens with zero attached hydrogens (tertiary/aromatic N) is 2. The molecular formula is C14H9BrN2O6. The summed E-state index contributed by atoms with van der Waals surface area (Å²) in [6.45, 7) is 0. The van der Waals surface area contributed by atoms with Crippen LogP contribution < -0.4 is 0 Å². The number of carbonyl (C=O) groups is 1. The second kappa shape index (κ2) is 6.44. The number of aromatic carboxylic acids is 1. The van der Waals surface area contributed by atoms with Crippen LogP contribution in [0.15, 0.2) is 39.8 Å². The zero-order valence-corrected chi connectivity index (χ0v) is 12.9. The van der Waals surface area contributed by atoms with Crippen molar-refractivity contribution in [3.63, 3.8) is 0 Å². The Kier molecular flexibility index (Phi) is 4.60. The van der Waals surface area contributed by atoms with Gasteiger partial charge in [0.25, 0.3) is 5.69 Å². The number of aliphatic imine (C=N–C) groups is 1. The Morgan fingerprint density at radius 3 is 2.57 bits per heavy atom. The fourth-order valence-corrected chi connectivity index (χ4v) is 2.19. The van der Waals surface area contributed by atoms with Crippen molar-refractivity contribution in [2.45, 2.75) is 0 Å². The van der Waals surface area contributed by atoms with Crippen LogP contribution >= 0.6 is 15.9 Å². The number of aromatic hydroxyl groups is 2. The number of phenols is 2. The fourth-order valence-electron chi connectivity index (χ4n) is 1.73. The molecule has 0 aliphatic rings. The van der Waals surface area contributed by atoms with Crippen LogP contribution in [-0.2, 0) is 0 Å². The van der Waals surface area contributed by atoms with E-state index < -0.39 is 16.6 Å². The average molecular weight is 381 g/mol. The highest BCUT2D eigenvalue weighted by Gasteiger charge is 2.14. The first kappa shape index (κ1) is 16.4. The second-order valence-electron chi connectivity index (χ2n) is 4.39. The molecule has 0 unspecified atom stereocenters. The van der Waals surface area contributed by atoms with Crippen LogP contribution in [0.25, 0.3) is 0 Å². The zero-order valence-electron chi connectivity index (χ0n) is 11.3. The Labute approximate surface area is 137 Å². The summed E-state index contributed by atoms with van der Waals surface area (Å²) >= 11 is 3.00. The number of nitro groups is 1. The molecule has 9 heteroatoms. The molecule has 118 valence electrons. The summed E-state index contributed by atoms with van der Waals surface area (Å²) in [5.41, 5.74) is -0.296. The number of hydrogen-bond donors (Lipinski definition) is 3. The van der Waals surface area contributed by atoms with E-state index in [-0.39, 0.29) is 32.7 Å². The Bertz CT molecular complexity index is 834. The summed E-state index contributed by atoms with van der Waals surface area (Å²) < 4.78 is 0.130. The van der Waals surface area contributed by atoms with E-state index in [0.29, 0.717) is 0 Å². The lowest BCUT2D eigenvalue weighted by atomic mass is 10.1. The summed E-state index contributed by atoms with van der Waals surface area (Å²) in [5, 5.41) is 39.0. The lowest BCUT2D eigenvalue weighted by Gasteiger charge is -2.03. The van der Waals surface area contributed by atoms with E-state index in [9.17, 15) is 25.1 Å². The smallest absolute Gasteiger partial charge is 0.339 e. The van der Waals surface area contributed by atoms with Crippen molar-refractivity contribution < 1.29 is 25.0 Å². The Balaban J connectivity index is 2.43. The number of halogens is 1. The lowest BCUT2D eigenvalue weighted by molar-refractivity contribution is -0.385. The SMILES string of the molecule is O=C(O)c1cc(N=Cc2cc([N+](=O)[O-])cc(Br)c2O)ccc1O. The van der Waals surface area contributed by atoms with Gasteiger partial charge in [-0.25, -0.2) is 4.79 Å². The molecule has 0 spiro atoms. The molecule has 0 saturated heterocycles. The van der Waals surface area contributed by atoms with Crippen LogP contribution in [-0.4, -0.2) is 32.4 Å². The molecule has 0 aliphatic heterocycles. The number of non-ortho nitro benzene ring substituents is 1. The molecule has 0 heterocycles. The van der Waals surface area contributed by atoms with E-state index in [4.69, 9.17) is 5.11 Å². The summed E-state index contributed by atoms with van der Waals surface area (Å²) in [5.74, 6) is -1.96. The van der Waals surface area contributed by atoms with E-state index >= 15 is 0 Å². The predicted molar refractivity (Wildman–Crippen MR) is 84.8 cm³/mol. The first-order valence-electron chi connectivity index (χ1n) is 6.07. The van der Waals surface area contributed by atoms with Crippen LogP contribution in [0.4, 0.5) is 11.4 Å². The third-order valence-corrected chi connectivity index (χ3v) is 3.46. The van der Waals surface area contributed by atoms with Gasteiger partial charge < -0.3 is 15.3 Å². The molecule has 0 aromatic heterocycles. The Hall–Kier alpha value is -2.94. The van der Waals surface area contributed by atoms with E-state index in [1.807, 2.05) is 0 Å². The van der Waals surface area contributed by atoms with Gasteiger partial charge in [0, 0.05) is 23.9 Å². The molecule has 0 saturated carbocycles. The van der Waals surface area contributed by atoms with Gasteiger partial charge in [0.1, 0.15) is 17.1 Å². The molecule has 2 aromatic rings. The monoisotopic (exact) mass is 380 g/mol. The molecule has 0 atom stereocenters. The first-order valence-corrected chi connectivity index (χ1v) is 6.86. The van der Waals surface area contributed by atoms with Gasteiger partial charge in [0.2, 0.25) is 0 Å². The molecular weight excluding hydrogens is 372 g/mol. The molecule has 2 aromatic carbocycles. The lowest BCUT2D eigenvalue weighted by Crippen LogP contribution is -1.96. The number of phenolic OH excluding ortho intramolecular Hbond substituents is 1. The number of carboxylic acids is 1. The van der Waals surface area contributed by atoms with Crippen molar-refractivity contribution in [1.29, 1.82) is 0 Å². The van der Waals surface area contributed by atoms with Crippen LogP contribution in [0.3, 0.4) is 0 Å². The standard InChI is InChI=1S/C14H9BrN2O6/c15-11-5-9(17(22)23)3-7(13(11)19)6-16-8-1-2-12(18)10(4-8)14(20)21/h1-6,18-19H,(H,20,21). The maximum absolute atomic E-state index is 10.9. The highest BCUT2D eigenvalue weighted by Crippen LogP contribution is 2.32. The van der Waals surface area contributed by atoms with E-state index in [1.54, 1.807) is 0 Å². The van der Waals surface area contributed by atoms with Crippen LogP contribution in [0.5, 0.6) is 11.5 Å². The summed E-state index contributed by atoms with van der Waals surface area (Å²) in [6.07, 6.45) is 1.16. The van der Waals surface area contributed by atoms with Crippen LogP contribution in [0, 0.1) is 10.1 Å². The normalized spacial score (nSPS) is 10.8. The first-order chi connectivity index (χ1) is 10.8. The van der Waals surface area contributed by atoms with Crippen LogP contribution in [0.1, 0.15) is 15.9 Å². The maximum atomic E-state index is 10.9. The second-order valence-corrected chi connectivity index (χ2v) is 5.24. The van der Waals surface area contributed by atoms with Crippen molar-refractivity contribution in [3.8, 4) is 11.5 Å². The summed E-state index contributed by atoms with van der Waals surface area (Å²) in [7, 11) is 0. The molecule has 8 nitrogen and oxygen atoms in total. The van der Waals surface area contributed by atoms with Gasteiger partial charge in [-0.2, -0.15) is 0 Å². The minimum Gasteiger partial charge on any atom is -0.507 e. The van der Waals surface area contributed by atoms with Crippen molar-refractivity contribution in [1.82, 2.24) is 0 Å². The highest BCUT2D eigenvalue weighted by atomic mass is 79.9. The van der Waals surface area contributed by atoms with Gasteiger partial charge in [-0.15, -0.1) is 0 Å². The number of hydrogen-bond acceptors (Lipinski definition) is 6. The van der Waals surface area contributed by atoms with Gasteiger partial charge in [-0.1, -0.05) is 0 Å². The molecule has 2 rings (SSSR count). The number of nitro benzene ring substituents is 1. The summed E-state index contributed by atoms with van der Waals surface area (Å²) in [6, 6.07) is 5.94. The average Bonchev–Trinajstić information content (AvgIpc) is 2.49. The Morgan fingerprint density at radius 2 is 1.96 bits per heavy atom. The number of carboxylic acid groups (broad SMARTS) is 1. The molecule has 0 radical (unpaired) electrons. The van der Waals surface area contributed by atoms with Crippen LogP contribution in [0.2, 0.25) is 0 Å². The van der Waals surface area contributed by atoms with Gasteiger partial charge >= 0.3 is 5.97 Å². The van der Waals surface area contributed by atoms with Gasteiger partial charge in [0.05, 0.1) is 15.1 Å². The van der Waals surface area contributed by atoms with Gasteiger partial charge in [-0.3, -0.25) is 15.1 Å². The molecule has 3 N–H and O–H groups in total. The van der Waals surface area contributed by atoms with E-state index in [1.165, 1.54) is 12.1 Å². The van der Waals surface area contributed by atoms with Crippen molar-refractivity contribution in [2.24, 2.45) is 4.99 Å². The molecule has 0 aliphatic carbocycles. The summed E-state index contributed by atoms with van der Waals surface area (Å²) in [4.78, 5) is 25.1. The quantitative estimate of drug-likeness (QED) is 0.423. The third-order valence-electron chi connectivity index (χ3n) is 2.85. The third kappa shape index (κ3) is 3.64. The van der Waals surface area contributed by atoms with Gasteiger partial charge in [0.15, 0.2) is 0 Å². The van der Waals surface area contributed by atoms with E-state index in [2.05, 4.69) is 20.9 Å². The van der Waals surface area contributed by atoms with Crippen molar-refractivity contribution in [3.05, 3.63) is 56.0 Å². The minimum absolute atomic E-state index is 0.0797. The fraction of sp³-hybridized carbons (Fsp3) is 0. The van der Waals surface area contributed by atoms with Gasteiger partial charge in [-0.05, 0) is 34.1 Å². The maximum Gasteiger partial charge on any atom is 0.339 e. The molecule has 23 heavy (non-hydrogen) atoms. The number of rotatable bonds is 4. The molecule has 0 bridgehead atoms. The predicted octanol–water partition coefficient (Wildman–Crippen LogP) is 3.22. The zero-order chi connectivity index (χ0) is 17.1. The minimum atomic E-state index is -1.32. The molecule has 0 fully saturated rings. The molecule has 0 amide bonds. The highest BCUT2D eigenvalue weighted by molar-refractivity contribution is 9.10. The van der Waals surface area contributed by atoms with Crippen molar-refractivity contribution in [2.75, 3.05) is 0 Å².